The molecule has 5 nitrogen and oxygen atoms in total. The van der Waals surface area contributed by atoms with Crippen molar-refractivity contribution in [2.45, 2.75) is 24.9 Å². The molecule has 2 aliphatic heterocycles. The second kappa shape index (κ2) is 7.34. The third-order valence-corrected chi connectivity index (χ3v) is 5.93. The minimum Gasteiger partial charge on any atom is -0.364 e. The molecule has 2 unspecified atom stereocenters. The number of hydrogen-bond donors (Lipinski definition) is 1. The Morgan fingerprint density at radius 3 is 2.59 bits per heavy atom. The van der Waals surface area contributed by atoms with Gasteiger partial charge in [-0.05, 0) is 31.0 Å². The fourth-order valence-corrected chi connectivity index (χ4v) is 4.61. The first-order valence-corrected chi connectivity index (χ1v) is 9.65. The Labute approximate surface area is 171 Å². The van der Waals surface area contributed by atoms with Crippen molar-refractivity contribution in [1.82, 2.24) is 9.88 Å². The first-order chi connectivity index (χ1) is 12.9. The lowest BCUT2D eigenvalue weighted by atomic mass is 10.0. The van der Waals surface area contributed by atoms with Crippen LogP contribution in [0.2, 0.25) is 15.1 Å². The number of aromatic nitrogens is 1. The van der Waals surface area contributed by atoms with Gasteiger partial charge in [0.2, 0.25) is 0 Å². The molecule has 142 valence electrons. The second-order valence-electron chi connectivity index (χ2n) is 6.69. The maximum absolute atomic E-state index is 13.3. The number of carbonyl (C=O) groups is 1. The third-order valence-electron chi connectivity index (χ3n) is 5.08. The van der Waals surface area contributed by atoms with Crippen molar-refractivity contribution in [3.63, 3.8) is 0 Å². The topological polar surface area (TPSA) is 48.5 Å². The summed E-state index contributed by atoms with van der Waals surface area (Å²) in [6.45, 7) is 1.26. The van der Waals surface area contributed by atoms with E-state index >= 15 is 0 Å². The van der Waals surface area contributed by atoms with E-state index in [1.807, 2.05) is 0 Å². The van der Waals surface area contributed by atoms with E-state index in [-0.39, 0.29) is 23.1 Å². The van der Waals surface area contributed by atoms with Gasteiger partial charge in [0, 0.05) is 37.2 Å². The highest BCUT2D eigenvalue weighted by Crippen LogP contribution is 2.40. The zero-order chi connectivity index (χ0) is 19.1. The second-order valence-corrected chi connectivity index (χ2v) is 7.91. The zero-order valence-corrected chi connectivity index (χ0v) is 16.4. The van der Waals surface area contributed by atoms with E-state index in [0.717, 1.165) is 18.5 Å². The maximum atomic E-state index is 13.3. The quantitative estimate of drug-likeness (QED) is 0.725. The lowest BCUT2D eigenvalue weighted by Crippen LogP contribution is -2.46. The SMILES string of the molecule is O=C(Nc1ccc(F)c(Cl)c1)N1CCC2CC1CN2c1c(Cl)cncc1Cl. The molecule has 4 rings (SSSR count). The van der Waals surface area contributed by atoms with Gasteiger partial charge in [-0.25, -0.2) is 9.18 Å². The van der Waals surface area contributed by atoms with Gasteiger partial charge in [-0.15, -0.1) is 0 Å². The number of carbonyl (C=O) groups excluding carboxylic acids is 1. The summed E-state index contributed by atoms with van der Waals surface area (Å²) in [5.41, 5.74) is 1.23. The largest absolute Gasteiger partial charge is 0.364 e. The highest BCUT2D eigenvalue weighted by molar-refractivity contribution is 6.39. The van der Waals surface area contributed by atoms with E-state index in [4.69, 9.17) is 34.8 Å². The number of likely N-dealkylation sites (tertiary alicyclic amines) is 1. The molecule has 0 aliphatic carbocycles. The summed E-state index contributed by atoms with van der Waals surface area (Å²) in [7, 11) is 0. The molecular formula is C18H16Cl3FN4O. The molecule has 2 aromatic rings. The molecule has 2 saturated heterocycles. The van der Waals surface area contributed by atoms with Crippen molar-refractivity contribution in [3.05, 3.63) is 51.5 Å². The van der Waals surface area contributed by atoms with Crippen LogP contribution in [-0.4, -0.2) is 41.1 Å². The highest BCUT2D eigenvalue weighted by Gasteiger charge is 2.42. The molecule has 9 heteroatoms. The van der Waals surface area contributed by atoms with Crippen molar-refractivity contribution >= 4 is 52.2 Å². The van der Waals surface area contributed by atoms with Gasteiger partial charge in [0.25, 0.3) is 0 Å². The number of pyridine rings is 1. The van der Waals surface area contributed by atoms with Crippen LogP contribution in [0.5, 0.6) is 0 Å². The van der Waals surface area contributed by atoms with Crippen LogP contribution < -0.4 is 10.2 Å². The minimum atomic E-state index is -0.520. The van der Waals surface area contributed by atoms with Gasteiger partial charge >= 0.3 is 6.03 Å². The number of rotatable bonds is 2. The summed E-state index contributed by atoms with van der Waals surface area (Å²) in [4.78, 5) is 20.7. The molecule has 3 heterocycles. The Bertz CT molecular complexity index is 877. The Balaban J connectivity index is 1.50. The fourth-order valence-electron chi connectivity index (χ4n) is 3.85. The smallest absolute Gasteiger partial charge is 0.322 e. The van der Waals surface area contributed by atoms with Crippen LogP contribution in [0.25, 0.3) is 0 Å². The van der Waals surface area contributed by atoms with Crippen LogP contribution in [0.4, 0.5) is 20.6 Å². The van der Waals surface area contributed by atoms with Crippen molar-refractivity contribution in [1.29, 1.82) is 0 Å². The predicted molar refractivity (Wildman–Crippen MR) is 106 cm³/mol. The van der Waals surface area contributed by atoms with E-state index in [9.17, 15) is 9.18 Å². The van der Waals surface area contributed by atoms with E-state index in [1.165, 1.54) is 18.2 Å². The van der Waals surface area contributed by atoms with Crippen molar-refractivity contribution in [3.8, 4) is 0 Å². The first kappa shape index (κ1) is 18.6. The van der Waals surface area contributed by atoms with E-state index in [1.54, 1.807) is 17.3 Å². The maximum Gasteiger partial charge on any atom is 0.322 e. The zero-order valence-electron chi connectivity index (χ0n) is 14.1. The van der Waals surface area contributed by atoms with Crippen LogP contribution in [0.15, 0.2) is 30.6 Å². The molecular weight excluding hydrogens is 414 g/mol. The number of halogens is 4. The molecule has 1 N–H and O–H groups in total. The number of anilines is 2. The molecule has 0 radical (unpaired) electrons. The average molecular weight is 430 g/mol. The molecule has 27 heavy (non-hydrogen) atoms. The molecule has 2 atom stereocenters. The Morgan fingerprint density at radius 1 is 1.15 bits per heavy atom. The monoisotopic (exact) mass is 428 g/mol. The standard InChI is InChI=1S/C18H16Cl3FN4O/c19-13-5-10(1-2-16(13)22)24-18(27)25-4-3-11-6-12(25)9-26(11)17-14(20)7-23-8-15(17)21/h1-2,5,7-8,11-12H,3-4,6,9H2,(H,24,27). The van der Waals surface area contributed by atoms with Crippen LogP contribution in [-0.2, 0) is 0 Å². The number of hydrogen-bond acceptors (Lipinski definition) is 3. The summed E-state index contributed by atoms with van der Waals surface area (Å²) in [5, 5.41) is 3.78. The Kier molecular flexibility index (Phi) is 5.05. The number of piperidine rings is 1. The van der Waals surface area contributed by atoms with E-state index in [0.29, 0.717) is 28.8 Å². The van der Waals surface area contributed by atoms with Crippen LogP contribution in [0.1, 0.15) is 12.8 Å². The molecule has 1 aromatic carbocycles. The molecule has 0 saturated carbocycles. The number of nitrogens with zero attached hydrogens (tertiary/aromatic N) is 3. The summed E-state index contributed by atoms with van der Waals surface area (Å²) in [6, 6.07) is 4.21. The third kappa shape index (κ3) is 3.53. The molecule has 2 bridgehead atoms. The molecule has 1 aromatic heterocycles. The first-order valence-electron chi connectivity index (χ1n) is 8.52. The number of nitrogens with one attached hydrogen (secondary N) is 1. The molecule has 2 fully saturated rings. The van der Waals surface area contributed by atoms with Crippen molar-refractivity contribution in [2.75, 3.05) is 23.3 Å². The van der Waals surface area contributed by atoms with Crippen LogP contribution >= 0.6 is 34.8 Å². The number of urea groups is 1. The average Bonchev–Trinajstić information content (AvgIpc) is 2.94. The summed E-state index contributed by atoms with van der Waals surface area (Å²) in [5.74, 6) is -0.520. The van der Waals surface area contributed by atoms with Crippen LogP contribution in [0, 0.1) is 5.82 Å². The van der Waals surface area contributed by atoms with Gasteiger partial charge in [-0.1, -0.05) is 34.8 Å². The number of fused-ring (bicyclic) bond motifs is 2. The molecule has 2 amide bonds. The van der Waals surface area contributed by atoms with Gasteiger partial charge in [0.15, 0.2) is 0 Å². The Hall–Kier alpha value is -1.76. The summed E-state index contributed by atoms with van der Waals surface area (Å²) in [6.07, 6.45) is 4.80. The number of benzene rings is 1. The van der Waals surface area contributed by atoms with Crippen molar-refractivity contribution < 1.29 is 9.18 Å². The van der Waals surface area contributed by atoms with Crippen LogP contribution in [0.3, 0.4) is 0 Å². The lowest BCUT2D eigenvalue weighted by molar-refractivity contribution is 0.179. The van der Waals surface area contributed by atoms with Gasteiger partial charge in [0.1, 0.15) is 5.82 Å². The van der Waals surface area contributed by atoms with E-state index in [2.05, 4.69) is 15.2 Å². The van der Waals surface area contributed by atoms with E-state index < -0.39 is 5.82 Å². The number of amides is 2. The fraction of sp³-hybridized carbons (Fsp3) is 0.333. The van der Waals surface area contributed by atoms with Gasteiger partial charge in [0.05, 0.1) is 26.8 Å². The van der Waals surface area contributed by atoms with Gasteiger partial charge in [-0.3, -0.25) is 4.98 Å². The molecule has 2 aliphatic rings. The summed E-state index contributed by atoms with van der Waals surface area (Å²) < 4.78 is 13.3. The Morgan fingerprint density at radius 2 is 1.89 bits per heavy atom. The molecule has 0 spiro atoms. The van der Waals surface area contributed by atoms with Crippen molar-refractivity contribution in [2.24, 2.45) is 0 Å². The highest BCUT2D eigenvalue weighted by atomic mass is 35.5. The minimum absolute atomic E-state index is 0.0273. The summed E-state index contributed by atoms with van der Waals surface area (Å²) >= 11 is 18.4. The normalized spacial score (nSPS) is 21.5. The van der Waals surface area contributed by atoms with Gasteiger partial charge in [-0.2, -0.15) is 0 Å². The predicted octanol–water partition coefficient (Wildman–Crippen LogP) is 5.07. The lowest BCUT2D eigenvalue weighted by Gasteiger charge is -2.32. The van der Waals surface area contributed by atoms with Gasteiger partial charge < -0.3 is 15.1 Å².